The molecule has 8 rings (SSSR count). The van der Waals surface area contributed by atoms with Crippen LogP contribution in [0.2, 0.25) is 0 Å². The van der Waals surface area contributed by atoms with E-state index in [9.17, 15) is 9.90 Å². The summed E-state index contributed by atoms with van der Waals surface area (Å²) in [6.07, 6.45) is 0.759. The third kappa shape index (κ3) is 9.76. The summed E-state index contributed by atoms with van der Waals surface area (Å²) in [5.74, 6) is 2.93. The Hall–Kier alpha value is -6.17. The van der Waals surface area contributed by atoms with Gasteiger partial charge in [0.1, 0.15) is 11.5 Å². The summed E-state index contributed by atoms with van der Waals surface area (Å²) in [6.45, 7) is 2.78. The van der Waals surface area contributed by atoms with Gasteiger partial charge in [-0.15, -0.1) is 0 Å². The number of hydrogen-bond donors (Lipinski definition) is 3. The van der Waals surface area contributed by atoms with Gasteiger partial charge < -0.3 is 39.4 Å². The Morgan fingerprint density at radius 2 is 1.44 bits per heavy atom. The van der Waals surface area contributed by atoms with Gasteiger partial charge in [-0.05, 0) is 93.9 Å². The van der Waals surface area contributed by atoms with Crippen molar-refractivity contribution in [3.8, 4) is 34.1 Å². The molecule has 0 saturated carbocycles. The number of anilines is 1. The van der Waals surface area contributed by atoms with Crippen molar-refractivity contribution in [1.82, 2.24) is 10.2 Å². The van der Waals surface area contributed by atoms with Crippen molar-refractivity contribution in [2.24, 2.45) is 0 Å². The number of fused-ring (bicyclic) bond motifs is 1. The first-order valence-corrected chi connectivity index (χ1v) is 20.0. The van der Waals surface area contributed by atoms with Crippen molar-refractivity contribution >= 4 is 11.7 Å². The zero-order valence-electron chi connectivity index (χ0n) is 33.3. The van der Waals surface area contributed by atoms with Crippen LogP contribution in [-0.4, -0.2) is 49.5 Å². The van der Waals surface area contributed by atoms with Crippen LogP contribution in [0.1, 0.15) is 52.2 Å². The molecule has 10 heteroatoms. The van der Waals surface area contributed by atoms with Crippen LogP contribution in [0.4, 0.5) is 10.5 Å². The van der Waals surface area contributed by atoms with Crippen LogP contribution in [0.3, 0.4) is 0 Å². The number of benzene rings is 6. The number of carbonyl (C=O) groups excluding carboxylic acids is 1. The number of para-hydroxylation sites is 1. The lowest BCUT2D eigenvalue weighted by Gasteiger charge is -2.39. The van der Waals surface area contributed by atoms with Gasteiger partial charge in [-0.1, -0.05) is 91.0 Å². The fraction of sp³-hybridized carbons (Fsp3) is 0.245. The molecule has 1 saturated heterocycles. The van der Waals surface area contributed by atoms with Crippen molar-refractivity contribution in [1.29, 1.82) is 0 Å². The highest BCUT2D eigenvalue weighted by atomic mass is 16.7. The fourth-order valence-corrected chi connectivity index (χ4v) is 7.78. The van der Waals surface area contributed by atoms with Gasteiger partial charge in [-0.2, -0.15) is 0 Å². The SMILES string of the molecule is COc1cc2c(cc1OC)CN(C[C@H]1C[C@@H](c3ccc(CO)cc3)O[C@@H](c3ccc(-c4ccccc4CNC(=O)Nc4ccc(Oc5ccccc5)cc4)cc3)O1)CC2. The molecule has 10 nitrogen and oxygen atoms in total. The van der Waals surface area contributed by atoms with E-state index in [4.69, 9.17) is 23.7 Å². The first-order valence-electron chi connectivity index (χ1n) is 20.0. The average molecular weight is 792 g/mol. The number of methoxy groups -OCH3 is 2. The number of carbonyl (C=O) groups is 1. The molecule has 0 radical (unpaired) electrons. The maximum atomic E-state index is 12.9. The van der Waals surface area contributed by atoms with Crippen LogP contribution in [0, 0.1) is 0 Å². The third-order valence-corrected chi connectivity index (χ3v) is 10.9. The molecule has 2 amide bonds. The predicted octanol–water partition coefficient (Wildman–Crippen LogP) is 9.58. The van der Waals surface area contributed by atoms with Gasteiger partial charge in [-0.3, -0.25) is 4.90 Å². The number of ether oxygens (including phenoxy) is 5. The number of nitrogens with one attached hydrogen (secondary N) is 2. The second-order valence-corrected chi connectivity index (χ2v) is 14.8. The van der Waals surface area contributed by atoms with E-state index in [2.05, 4.69) is 58.0 Å². The van der Waals surface area contributed by atoms with E-state index in [0.717, 1.165) is 76.7 Å². The number of nitrogens with zero attached hydrogens (tertiary/aromatic N) is 1. The second kappa shape index (κ2) is 18.6. The molecule has 0 aliphatic carbocycles. The largest absolute Gasteiger partial charge is 0.493 e. The van der Waals surface area contributed by atoms with Crippen LogP contribution < -0.4 is 24.8 Å². The maximum Gasteiger partial charge on any atom is 0.319 e. The highest BCUT2D eigenvalue weighted by Crippen LogP contribution is 2.40. The first kappa shape index (κ1) is 39.6. The molecule has 1 fully saturated rings. The van der Waals surface area contributed by atoms with Gasteiger partial charge >= 0.3 is 6.03 Å². The summed E-state index contributed by atoms with van der Waals surface area (Å²) < 4.78 is 30.5. The lowest BCUT2D eigenvalue weighted by atomic mass is 9.96. The summed E-state index contributed by atoms with van der Waals surface area (Å²) >= 11 is 0. The Bertz CT molecular complexity index is 2320. The van der Waals surface area contributed by atoms with E-state index < -0.39 is 6.29 Å². The molecule has 2 aliphatic heterocycles. The molecule has 302 valence electrons. The molecule has 6 aromatic rings. The van der Waals surface area contributed by atoms with Crippen molar-refractivity contribution in [3.63, 3.8) is 0 Å². The molecule has 59 heavy (non-hydrogen) atoms. The van der Waals surface area contributed by atoms with Crippen LogP contribution >= 0.6 is 0 Å². The monoisotopic (exact) mass is 791 g/mol. The predicted molar refractivity (Wildman–Crippen MR) is 228 cm³/mol. The molecule has 2 aliphatic rings. The zero-order chi connectivity index (χ0) is 40.6. The summed E-state index contributed by atoms with van der Waals surface area (Å²) in [4.78, 5) is 15.4. The Kier molecular flexibility index (Phi) is 12.5. The number of rotatable bonds is 13. The molecular weight excluding hydrogens is 743 g/mol. The van der Waals surface area contributed by atoms with Crippen LogP contribution in [0.15, 0.2) is 140 Å². The lowest BCUT2D eigenvalue weighted by molar-refractivity contribution is -0.253. The van der Waals surface area contributed by atoms with E-state index in [-0.39, 0.29) is 24.8 Å². The highest BCUT2D eigenvalue weighted by Gasteiger charge is 2.34. The van der Waals surface area contributed by atoms with Crippen LogP contribution in [0.25, 0.3) is 11.1 Å². The topological polar surface area (TPSA) is 111 Å². The van der Waals surface area contributed by atoms with Crippen molar-refractivity contribution in [2.75, 3.05) is 32.6 Å². The van der Waals surface area contributed by atoms with Crippen molar-refractivity contribution in [3.05, 3.63) is 173 Å². The first-order chi connectivity index (χ1) is 28.9. The van der Waals surface area contributed by atoms with E-state index in [0.29, 0.717) is 24.4 Å². The number of aliphatic hydroxyl groups excluding tert-OH is 1. The van der Waals surface area contributed by atoms with Crippen molar-refractivity contribution in [2.45, 2.75) is 51.0 Å². The van der Waals surface area contributed by atoms with Gasteiger partial charge in [0.25, 0.3) is 0 Å². The second-order valence-electron chi connectivity index (χ2n) is 14.8. The summed E-state index contributed by atoms with van der Waals surface area (Å²) in [5.41, 5.74) is 9.04. The molecule has 0 spiro atoms. The number of amides is 2. The minimum atomic E-state index is -0.577. The Balaban J connectivity index is 0.932. The minimum Gasteiger partial charge on any atom is -0.493 e. The molecule has 0 unspecified atom stereocenters. The van der Waals surface area contributed by atoms with Gasteiger partial charge in [0.2, 0.25) is 0 Å². The molecule has 2 heterocycles. The van der Waals surface area contributed by atoms with Crippen molar-refractivity contribution < 1.29 is 33.6 Å². The molecule has 3 N–H and O–H groups in total. The quantitative estimate of drug-likeness (QED) is 0.106. The lowest BCUT2D eigenvalue weighted by Crippen LogP contribution is -2.41. The molecule has 6 aromatic carbocycles. The molecular formula is C49H49N3O7. The maximum absolute atomic E-state index is 12.9. The van der Waals surface area contributed by atoms with Gasteiger partial charge in [0, 0.05) is 43.9 Å². The zero-order valence-corrected chi connectivity index (χ0v) is 33.3. The standard InChI is InChI=1S/C49H49N3O7/c1-55-46-26-37-24-25-52(30-39(37)27-47(46)56-2)31-43-28-45(35-14-12-33(32-53)13-15-35)59-48(58-43)36-18-16-34(17-19-36)44-11-7-6-8-38(44)29-50-49(54)51-40-20-22-42(23-21-40)57-41-9-4-3-5-10-41/h3-23,26-27,43,45,48,53H,24-25,28-32H2,1-2H3,(H2,50,51,54)/t43-,45+,48+/m1/s1. The van der Waals surface area contributed by atoms with E-state index in [1.54, 1.807) is 14.2 Å². The molecule has 0 bridgehead atoms. The summed E-state index contributed by atoms with van der Waals surface area (Å²) in [6, 6.07) is 45.1. The van der Waals surface area contributed by atoms with Crippen LogP contribution in [-0.2, 0) is 35.6 Å². The minimum absolute atomic E-state index is 0.00746. The third-order valence-electron chi connectivity index (χ3n) is 10.9. The van der Waals surface area contributed by atoms with E-state index in [1.807, 2.05) is 97.1 Å². The Morgan fingerprint density at radius 1 is 0.763 bits per heavy atom. The Labute approximate surface area is 345 Å². The average Bonchev–Trinajstić information content (AvgIpc) is 3.29. The number of urea groups is 1. The van der Waals surface area contributed by atoms with E-state index in [1.165, 1.54) is 11.1 Å². The highest BCUT2D eigenvalue weighted by molar-refractivity contribution is 5.89. The summed E-state index contributed by atoms with van der Waals surface area (Å²) in [5, 5.41) is 15.6. The fourth-order valence-electron chi connectivity index (χ4n) is 7.78. The summed E-state index contributed by atoms with van der Waals surface area (Å²) in [7, 11) is 3.34. The number of hydrogen-bond acceptors (Lipinski definition) is 8. The smallest absolute Gasteiger partial charge is 0.319 e. The Morgan fingerprint density at radius 3 is 2.17 bits per heavy atom. The van der Waals surface area contributed by atoms with Gasteiger partial charge in [0.05, 0.1) is 33.0 Å². The molecule has 0 aromatic heterocycles. The van der Waals surface area contributed by atoms with E-state index >= 15 is 0 Å². The van der Waals surface area contributed by atoms with Gasteiger partial charge in [0.15, 0.2) is 17.8 Å². The molecule has 3 atom stereocenters. The van der Waals surface area contributed by atoms with Gasteiger partial charge in [-0.25, -0.2) is 4.79 Å². The van der Waals surface area contributed by atoms with Crippen LogP contribution in [0.5, 0.6) is 23.0 Å². The number of aliphatic hydroxyl groups is 1. The normalized spacial score (nSPS) is 17.7.